The summed E-state index contributed by atoms with van der Waals surface area (Å²) in [4.78, 5) is 10.8. The van der Waals surface area contributed by atoms with Crippen LogP contribution >= 0.6 is 11.3 Å². The molecular formula is C44H70N6O2S. The molecule has 8 nitrogen and oxygen atoms in total. The number of hydrogen-bond donors (Lipinski definition) is 3. The van der Waals surface area contributed by atoms with Gasteiger partial charge in [-0.2, -0.15) is 5.26 Å². The zero-order valence-electron chi connectivity index (χ0n) is 34.2. The normalized spacial score (nSPS) is 11.8. The summed E-state index contributed by atoms with van der Waals surface area (Å²) in [6.07, 6.45) is 22.3. The van der Waals surface area contributed by atoms with Crippen molar-refractivity contribution >= 4 is 44.3 Å². The van der Waals surface area contributed by atoms with Crippen molar-refractivity contribution in [2.45, 2.75) is 151 Å². The first-order valence-electron chi connectivity index (χ1n) is 20.1. The highest BCUT2D eigenvalue weighted by Crippen LogP contribution is 2.32. The van der Waals surface area contributed by atoms with Crippen LogP contribution in [0.4, 0.5) is 27.1 Å². The summed E-state index contributed by atoms with van der Waals surface area (Å²) in [5, 5.41) is 20.9. The Hall–Kier alpha value is -3.90. The second-order valence-corrected chi connectivity index (χ2v) is 15.1. The van der Waals surface area contributed by atoms with E-state index in [-0.39, 0.29) is 5.91 Å². The monoisotopic (exact) mass is 747 g/mol. The van der Waals surface area contributed by atoms with E-state index in [0.717, 1.165) is 35.3 Å². The highest BCUT2D eigenvalue weighted by molar-refractivity contribution is 7.19. The van der Waals surface area contributed by atoms with Gasteiger partial charge in [0.15, 0.2) is 0 Å². The largest absolute Gasteiger partial charge is 0.496 e. The molecular weight excluding hydrogens is 677 g/mol. The van der Waals surface area contributed by atoms with Gasteiger partial charge in [0, 0.05) is 13.0 Å². The smallest absolute Gasteiger partial charge is 0.221 e. The van der Waals surface area contributed by atoms with Crippen molar-refractivity contribution in [1.82, 2.24) is 0 Å². The molecule has 0 aliphatic rings. The first-order valence-corrected chi connectivity index (χ1v) is 20.9. The fourth-order valence-electron chi connectivity index (χ4n) is 6.10. The zero-order valence-corrected chi connectivity index (χ0v) is 35.0. The number of azo groups is 1. The number of aryl methyl sites for hydroxylation is 2. The predicted molar refractivity (Wildman–Crippen MR) is 229 cm³/mol. The number of benzene rings is 2. The Balaban J connectivity index is 0.000000404. The number of nitrogens with two attached hydrogens (primary N) is 2. The van der Waals surface area contributed by atoms with Gasteiger partial charge in [-0.15, -0.1) is 10.2 Å². The molecule has 0 saturated carbocycles. The van der Waals surface area contributed by atoms with Gasteiger partial charge in [0.05, 0.1) is 29.7 Å². The van der Waals surface area contributed by atoms with Crippen molar-refractivity contribution < 1.29 is 9.53 Å². The number of anilines is 3. The Labute approximate surface area is 326 Å². The first kappa shape index (κ1) is 47.1. The van der Waals surface area contributed by atoms with E-state index in [1.807, 2.05) is 25.1 Å². The van der Waals surface area contributed by atoms with E-state index >= 15 is 0 Å². The topological polar surface area (TPSA) is 139 Å². The second kappa shape index (κ2) is 28.6. The molecule has 2 unspecified atom stereocenters. The number of carbonyl (C=O) groups excluding carboxylic acids is 1. The molecule has 53 heavy (non-hydrogen) atoms. The number of amides is 1. The summed E-state index contributed by atoms with van der Waals surface area (Å²) < 4.78 is 5.09. The average molecular weight is 747 g/mol. The summed E-state index contributed by atoms with van der Waals surface area (Å²) in [7, 11) is 1.58. The van der Waals surface area contributed by atoms with Gasteiger partial charge < -0.3 is 21.5 Å². The molecule has 0 saturated heterocycles. The number of methoxy groups -OCH3 is 1. The highest BCUT2D eigenvalue weighted by atomic mass is 32.1. The number of nitrogens with zero attached hydrogens (tertiary/aromatic N) is 3. The number of nitrogen functional groups attached to an aromatic ring is 2. The minimum Gasteiger partial charge on any atom is -0.496 e. The summed E-state index contributed by atoms with van der Waals surface area (Å²) in [5.41, 5.74) is 16.0. The Kier molecular flexibility index (Phi) is 25.4. The fourth-order valence-corrected chi connectivity index (χ4v) is 6.80. The molecule has 0 fully saturated rings. The molecule has 5 N–H and O–H groups in total. The van der Waals surface area contributed by atoms with Crippen molar-refractivity contribution in [3.05, 3.63) is 59.2 Å². The van der Waals surface area contributed by atoms with Crippen molar-refractivity contribution in [1.29, 1.82) is 5.26 Å². The Morgan fingerprint density at radius 2 is 1.40 bits per heavy atom. The molecule has 2 atom stereocenters. The lowest BCUT2D eigenvalue weighted by molar-refractivity contribution is -0.114. The standard InChI is InChI=1S/C19H40.C15H16N4S.C10H14N2O2/c1-5-9-14-18(7-3)16-12-11-13-17-19(8-4)15-10-6-2;1-2-3-4-11-5-7-13(8-6-11)18-19-14-9-12(10-16)15(17)20-14;1-6-4-9(12-7(2)13)8(11)5-10(6)14-3/h18-19H,5-17H2,1-4H3;5-9H,2-4,17H2,1H3;4-5H,11H2,1-3H3,(H,12,13). The lowest BCUT2D eigenvalue weighted by Gasteiger charge is -2.16. The van der Waals surface area contributed by atoms with Crippen LogP contribution in [-0.4, -0.2) is 13.0 Å². The van der Waals surface area contributed by atoms with Crippen molar-refractivity contribution in [3.63, 3.8) is 0 Å². The molecule has 0 bridgehead atoms. The van der Waals surface area contributed by atoms with Gasteiger partial charge in [-0.25, -0.2) is 0 Å². The van der Waals surface area contributed by atoms with E-state index in [9.17, 15) is 4.79 Å². The summed E-state index contributed by atoms with van der Waals surface area (Å²) in [6.45, 7) is 14.9. The molecule has 0 radical (unpaired) electrons. The third-order valence-electron chi connectivity index (χ3n) is 9.58. The van der Waals surface area contributed by atoms with Gasteiger partial charge in [0.1, 0.15) is 21.8 Å². The third-order valence-corrected chi connectivity index (χ3v) is 10.4. The van der Waals surface area contributed by atoms with Crippen LogP contribution in [0.25, 0.3) is 0 Å². The molecule has 2 aromatic carbocycles. The van der Waals surface area contributed by atoms with Crippen LogP contribution in [0.15, 0.2) is 52.7 Å². The van der Waals surface area contributed by atoms with Gasteiger partial charge in [-0.05, 0) is 67.0 Å². The number of hydrogen-bond acceptors (Lipinski definition) is 8. The molecule has 9 heteroatoms. The number of nitriles is 1. The highest BCUT2D eigenvalue weighted by Gasteiger charge is 2.09. The Morgan fingerprint density at radius 3 is 1.87 bits per heavy atom. The van der Waals surface area contributed by atoms with Crippen molar-refractivity contribution in [2.75, 3.05) is 23.9 Å². The SMILES string of the molecule is CCCCC(CC)CCCCCC(CC)CCCC.CCCCc1ccc(N=Nc2cc(C#N)c(N)s2)cc1.COc1cc(N)c(NC(C)=O)cc1C. The third kappa shape index (κ3) is 20.2. The van der Waals surface area contributed by atoms with Gasteiger partial charge in [0.2, 0.25) is 5.91 Å². The van der Waals surface area contributed by atoms with E-state index in [2.05, 4.69) is 62.3 Å². The van der Waals surface area contributed by atoms with E-state index < -0.39 is 0 Å². The van der Waals surface area contributed by atoms with Crippen LogP contribution in [0.3, 0.4) is 0 Å². The zero-order chi connectivity index (χ0) is 39.4. The summed E-state index contributed by atoms with van der Waals surface area (Å²) in [6, 6.07) is 15.2. The lowest BCUT2D eigenvalue weighted by atomic mass is 9.90. The lowest BCUT2D eigenvalue weighted by Crippen LogP contribution is -2.08. The average Bonchev–Trinajstić information content (AvgIpc) is 3.53. The van der Waals surface area contributed by atoms with Crippen LogP contribution in [0.5, 0.6) is 5.75 Å². The number of rotatable bonds is 21. The number of unbranched alkanes of at least 4 members (excludes halogenated alkanes) is 5. The Morgan fingerprint density at radius 1 is 0.830 bits per heavy atom. The predicted octanol–water partition coefficient (Wildman–Crippen LogP) is 13.9. The maximum atomic E-state index is 10.8. The van der Waals surface area contributed by atoms with Crippen LogP contribution in [0.1, 0.15) is 155 Å². The van der Waals surface area contributed by atoms with Crippen LogP contribution in [0.2, 0.25) is 0 Å². The van der Waals surface area contributed by atoms with Crippen LogP contribution in [-0.2, 0) is 11.2 Å². The molecule has 1 aromatic heterocycles. The van der Waals surface area contributed by atoms with Gasteiger partial charge in [-0.1, -0.05) is 148 Å². The van der Waals surface area contributed by atoms with Gasteiger partial charge >= 0.3 is 0 Å². The minimum atomic E-state index is -0.138. The van der Waals surface area contributed by atoms with E-state index in [1.54, 1.807) is 25.3 Å². The number of carbonyl (C=O) groups is 1. The number of thiophene rings is 1. The first-order chi connectivity index (χ1) is 25.5. The van der Waals surface area contributed by atoms with E-state index in [1.165, 1.54) is 120 Å². The molecule has 294 valence electrons. The fraction of sp³-hybridized carbons (Fsp3) is 0.591. The Bertz CT molecular complexity index is 1480. The van der Waals surface area contributed by atoms with Crippen molar-refractivity contribution in [3.8, 4) is 11.8 Å². The van der Waals surface area contributed by atoms with Crippen LogP contribution < -0.4 is 21.5 Å². The molecule has 0 aliphatic heterocycles. The molecule has 0 spiro atoms. The molecule has 0 aliphatic carbocycles. The molecule has 1 amide bonds. The molecule has 1 heterocycles. The summed E-state index contributed by atoms with van der Waals surface area (Å²) >= 11 is 1.27. The minimum absolute atomic E-state index is 0.138. The summed E-state index contributed by atoms with van der Waals surface area (Å²) in [5.74, 6) is 2.61. The quantitative estimate of drug-likeness (QED) is 0.0565. The van der Waals surface area contributed by atoms with Gasteiger partial charge in [-0.3, -0.25) is 4.79 Å². The number of nitrogens with one attached hydrogen (secondary N) is 1. The maximum Gasteiger partial charge on any atom is 0.221 e. The van der Waals surface area contributed by atoms with Gasteiger partial charge in [0.25, 0.3) is 0 Å². The van der Waals surface area contributed by atoms with E-state index in [4.69, 9.17) is 21.5 Å². The number of ether oxygens (including phenoxy) is 1. The maximum absolute atomic E-state index is 10.8. The second-order valence-electron chi connectivity index (χ2n) is 14.0. The molecule has 3 aromatic rings. The van der Waals surface area contributed by atoms with Crippen LogP contribution in [0, 0.1) is 30.1 Å². The molecule has 3 rings (SSSR count). The van der Waals surface area contributed by atoms with E-state index in [0.29, 0.717) is 26.9 Å². The van der Waals surface area contributed by atoms with Crippen molar-refractivity contribution in [2.24, 2.45) is 22.1 Å².